The predicted molar refractivity (Wildman–Crippen MR) is 255 cm³/mol. The van der Waals surface area contributed by atoms with Gasteiger partial charge in [-0.1, -0.05) is 361 Å². The third-order valence-electron chi connectivity index (χ3n) is 2.93. The van der Waals surface area contributed by atoms with Gasteiger partial charge in [-0.3, -0.25) is 0 Å². The molecule has 0 spiro atoms. The molecule has 1 N–H and O–H groups in total. The van der Waals surface area contributed by atoms with E-state index in [0.717, 1.165) is 0 Å². The molecule has 0 radical (unpaired) electrons. The van der Waals surface area contributed by atoms with Crippen LogP contribution in [0.5, 0.6) is 0 Å². The van der Waals surface area contributed by atoms with E-state index in [4.69, 9.17) is 0 Å². The van der Waals surface area contributed by atoms with Crippen molar-refractivity contribution in [3.63, 3.8) is 0 Å². The molecule has 0 saturated heterocycles. The zero-order valence-corrected chi connectivity index (χ0v) is 46.0. The highest BCUT2D eigenvalue weighted by Gasteiger charge is 2.76. The van der Waals surface area contributed by atoms with Gasteiger partial charge < -0.3 is 5.11 Å². The molecule has 0 saturated carbocycles. The minimum atomic E-state index is -0.961. The van der Waals surface area contributed by atoms with Gasteiger partial charge in [0, 0.05) is 0 Å². The van der Waals surface area contributed by atoms with Crippen LogP contribution in [0.2, 0.25) is 0 Å². The van der Waals surface area contributed by atoms with Crippen molar-refractivity contribution in [2.45, 2.75) is 11.9 Å². The summed E-state index contributed by atoms with van der Waals surface area (Å²) in [6.45, 7) is 0. The lowest BCUT2D eigenvalue weighted by Gasteiger charge is -2.57. The highest BCUT2D eigenvalue weighted by Crippen LogP contribution is 2.77. The summed E-state index contributed by atoms with van der Waals surface area (Å²) in [7, 11) is 0. The van der Waals surface area contributed by atoms with Crippen LogP contribution in [0.15, 0.2) is 0 Å². The van der Waals surface area contributed by atoms with Crippen molar-refractivity contribution in [3.05, 3.63) is 0 Å². The van der Waals surface area contributed by atoms with Gasteiger partial charge in [0.05, 0.1) is 1.93 Å². The Morgan fingerprint density at radius 3 is 1.07 bits per heavy atom. The lowest BCUT2D eigenvalue weighted by molar-refractivity contribution is -0.136. The van der Waals surface area contributed by atoms with Gasteiger partial charge in [0.15, 0.2) is 1.43 Å². The van der Waals surface area contributed by atoms with E-state index in [9.17, 15) is 9.90 Å². The Balaban J connectivity index is 6.66. The second-order valence-electron chi connectivity index (χ2n) is 4.68. The van der Waals surface area contributed by atoms with Crippen molar-refractivity contribution in [2.24, 2.45) is 0 Å². The highest BCUT2D eigenvalue weighted by molar-refractivity contribution is 14.2. The van der Waals surface area contributed by atoms with Crippen molar-refractivity contribution in [1.29, 1.82) is 0 Å². The molecular weight excluding hydrogens is 2170 g/mol. The standard InChI is InChI=1S/C9H2I16O2/c10-1(11)3(12,13)5(16,17)7(20,21)9(24,25)8(22,23)6(18,19)4(14,15)2(26)27/h1H,(H,26,27). The number of hydrogen-bond donors (Lipinski definition) is 1. The molecule has 0 aliphatic carbocycles. The van der Waals surface area contributed by atoms with E-state index < -0.39 is 10.3 Å². The zero-order valence-electron chi connectivity index (χ0n) is 11.5. The van der Waals surface area contributed by atoms with Crippen LogP contribution in [-0.4, -0.2) is 23.0 Å². The molecule has 0 aliphatic rings. The van der Waals surface area contributed by atoms with Crippen LogP contribution in [0, 0.1) is 0 Å². The third kappa shape index (κ3) is 7.71. The monoisotopic (exact) mass is 2170 g/mol. The molecule has 0 atom stereocenters. The average Bonchev–Trinajstić information content (AvgIpc) is 2.45. The van der Waals surface area contributed by atoms with Crippen LogP contribution in [0.3, 0.4) is 0 Å². The number of aliphatic carboxylic acids is 1. The van der Waals surface area contributed by atoms with E-state index in [1.165, 1.54) is 0 Å². The van der Waals surface area contributed by atoms with Crippen molar-refractivity contribution >= 4 is 367 Å². The van der Waals surface area contributed by atoms with Gasteiger partial charge in [-0.25, -0.2) is 4.79 Å². The molecule has 0 fully saturated rings. The molecule has 0 rings (SSSR count). The number of carbonyl (C=O) groups is 1. The smallest absolute Gasteiger partial charge is 0.332 e. The summed E-state index contributed by atoms with van der Waals surface area (Å²) in [5, 5.41) is 9.92. The van der Waals surface area contributed by atoms with Crippen molar-refractivity contribution in [1.82, 2.24) is 0 Å². The minimum absolute atomic E-state index is 0.0180. The minimum Gasteiger partial charge on any atom is -0.480 e. The van der Waals surface area contributed by atoms with Crippen LogP contribution in [0.4, 0.5) is 0 Å². The van der Waals surface area contributed by atoms with E-state index in [1.807, 2.05) is 0 Å². The fraction of sp³-hybridized carbons (Fsp3) is 0.889. The first-order valence-electron chi connectivity index (χ1n) is 5.55. The molecule has 18 heteroatoms. The molecule has 0 amide bonds. The summed E-state index contributed by atoms with van der Waals surface area (Å²) in [4.78, 5) is 12.1. The topological polar surface area (TPSA) is 37.3 Å². The summed E-state index contributed by atoms with van der Waals surface area (Å²) in [6, 6.07) is 0. The maximum absolute atomic E-state index is 12.1. The summed E-state index contributed by atoms with van der Waals surface area (Å²) in [5.74, 6) is -0.798. The molecule has 0 bridgehead atoms. The van der Waals surface area contributed by atoms with Gasteiger partial charge in [0.25, 0.3) is 0 Å². The number of alkyl halides is 16. The van der Waals surface area contributed by atoms with Crippen LogP contribution in [0.1, 0.15) is 0 Å². The summed E-state index contributed by atoms with van der Waals surface area (Å²) in [5.41, 5.74) is 0. The second kappa shape index (κ2) is 13.9. The maximum atomic E-state index is 12.1. The van der Waals surface area contributed by atoms with Crippen LogP contribution in [0.25, 0.3) is 0 Å². The quantitative estimate of drug-likeness (QED) is 0.194. The number of halogens is 16. The number of carboxylic acid groups (broad SMARTS) is 1. The zero-order chi connectivity index (χ0) is 22.7. The first-order valence-corrected chi connectivity index (χ1v) is 23.1. The Morgan fingerprint density at radius 1 is 0.556 bits per heavy atom. The normalized spacial score (nSPS) is 16.0. The third-order valence-corrected chi connectivity index (χ3v) is 56.0. The maximum Gasteiger partial charge on any atom is 0.332 e. The molecule has 0 aliphatic heterocycles. The van der Waals surface area contributed by atoms with E-state index >= 15 is 0 Å². The first kappa shape index (κ1) is 38.2. The molecule has 27 heavy (non-hydrogen) atoms. The Kier molecular flexibility index (Phi) is 19.6. The molecule has 2 nitrogen and oxygen atoms in total. The Morgan fingerprint density at radius 2 is 0.815 bits per heavy atom. The molecule has 162 valence electrons. The van der Waals surface area contributed by atoms with Gasteiger partial charge >= 0.3 is 5.97 Å². The molecule has 0 aromatic carbocycles. The number of hydrogen-bond acceptors (Lipinski definition) is 1. The largest absolute Gasteiger partial charge is 0.480 e. The summed E-state index contributed by atoms with van der Waals surface area (Å²) < 4.78 is -2.14. The first-order chi connectivity index (χ1) is 11.4. The van der Waals surface area contributed by atoms with Gasteiger partial charge in [-0.15, -0.1) is 0 Å². The van der Waals surface area contributed by atoms with E-state index in [1.54, 1.807) is 0 Å². The van der Waals surface area contributed by atoms with Gasteiger partial charge in [-0.2, -0.15) is 0 Å². The Labute approximate surface area is 377 Å². The van der Waals surface area contributed by atoms with Gasteiger partial charge in [0.1, 0.15) is 8.57 Å². The number of carboxylic acids is 1. The molecule has 0 heterocycles. The summed E-state index contributed by atoms with van der Waals surface area (Å²) >= 11 is 39.6. The fourth-order valence-electron chi connectivity index (χ4n) is 1.27. The van der Waals surface area contributed by atoms with Crippen LogP contribution < -0.4 is 0 Å². The SMILES string of the molecule is O=C(O)C(I)(I)C(I)(I)C(I)(I)C(I)(I)C(I)(I)C(I)(I)C(I)(I)C(I)I. The molecular formula is C9H2I16O2. The fourth-order valence-corrected chi connectivity index (χ4v) is 24.1. The van der Waals surface area contributed by atoms with Crippen molar-refractivity contribution in [3.8, 4) is 0 Å². The molecule has 0 unspecified atom stereocenters. The predicted octanol–water partition coefficient (Wildman–Crippen LogP) is 12.2. The van der Waals surface area contributed by atoms with E-state index in [-0.39, 0.29) is 5.71 Å². The van der Waals surface area contributed by atoms with Crippen LogP contribution >= 0.6 is 361 Å². The molecule has 0 aromatic rings. The number of rotatable bonds is 8. The van der Waals surface area contributed by atoms with Crippen LogP contribution in [-0.2, 0) is 4.79 Å². The highest BCUT2D eigenvalue weighted by atomic mass is 127. The van der Waals surface area contributed by atoms with Gasteiger partial charge in [0.2, 0.25) is 0 Å². The lowest BCUT2D eigenvalue weighted by Crippen LogP contribution is -2.67. The Bertz CT molecular complexity index is 578. The second-order valence-corrected chi connectivity index (χ2v) is 46.8. The molecule has 0 aromatic heterocycles. The summed E-state index contributed by atoms with van der Waals surface area (Å²) in [6.07, 6.45) is 0. The average molecular weight is 2170 g/mol. The Hall–Kier alpha value is 11.2. The van der Waals surface area contributed by atoms with Gasteiger partial charge in [-0.05, 0) is 0 Å². The van der Waals surface area contributed by atoms with Crippen molar-refractivity contribution < 1.29 is 9.90 Å². The lowest BCUT2D eigenvalue weighted by atomic mass is 10.1. The van der Waals surface area contributed by atoms with Crippen molar-refractivity contribution in [2.75, 3.05) is 0 Å². The van der Waals surface area contributed by atoms with E-state index in [0.29, 0.717) is 1.93 Å². The van der Waals surface area contributed by atoms with E-state index in [2.05, 4.69) is 361 Å².